The molecule has 1 atom stereocenters. The van der Waals surface area contributed by atoms with E-state index < -0.39 is 0 Å². The first-order chi connectivity index (χ1) is 14.2. The first-order valence-corrected chi connectivity index (χ1v) is 10.1. The lowest BCUT2D eigenvalue weighted by atomic mass is 9.87. The van der Waals surface area contributed by atoms with Gasteiger partial charge in [-0.15, -0.1) is 0 Å². The molecule has 0 saturated heterocycles. The van der Waals surface area contributed by atoms with E-state index in [4.69, 9.17) is 9.47 Å². The molecule has 0 bridgehead atoms. The van der Waals surface area contributed by atoms with Crippen molar-refractivity contribution in [3.63, 3.8) is 0 Å². The maximum Gasteiger partial charge on any atom is 0.232 e. The molecule has 4 rings (SSSR count). The van der Waals surface area contributed by atoms with Gasteiger partial charge in [0, 0.05) is 5.69 Å². The Morgan fingerprint density at radius 1 is 0.862 bits per heavy atom. The molecule has 0 fully saturated rings. The van der Waals surface area contributed by atoms with E-state index in [1.807, 2.05) is 79.4 Å². The van der Waals surface area contributed by atoms with Gasteiger partial charge in [-0.25, -0.2) is 0 Å². The summed E-state index contributed by atoms with van der Waals surface area (Å²) in [5, 5.41) is 0. The van der Waals surface area contributed by atoms with Crippen molar-refractivity contribution in [2.45, 2.75) is 26.3 Å². The molecule has 4 nitrogen and oxygen atoms in total. The highest BCUT2D eigenvalue weighted by Gasteiger charge is 2.35. The van der Waals surface area contributed by atoms with Gasteiger partial charge in [0.25, 0.3) is 0 Å². The second-order valence-corrected chi connectivity index (χ2v) is 6.95. The summed E-state index contributed by atoms with van der Waals surface area (Å²) in [6.45, 7) is 5.01. The second-order valence-electron chi connectivity index (χ2n) is 6.95. The summed E-state index contributed by atoms with van der Waals surface area (Å²) in [6, 6.07) is 23.8. The highest BCUT2D eigenvalue weighted by atomic mass is 16.5. The van der Waals surface area contributed by atoms with Crippen LogP contribution in [0.15, 0.2) is 72.8 Å². The summed E-state index contributed by atoms with van der Waals surface area (Å²) in [7, 11) is 0. The van der Waals surface area contributed by atoms with Gasteiger partial charge in [0.2, 0.25) is 5.91 Å². The minimum atomic E-state index is -0.218. The number of hydrogen-bond acceptors (Lipinski definition) is 3. The topological polar surface area (TPSA) is 38.8 Å². The summed E-state index contributed by atoms with van der Waals surface area (Å²) < 4.78 is 11.7. The van der Waals surface area contributed by atoms with Gasteiger partial charge < -0.3 is 14.4 Å². The molecule has 4 heteroatoms. The van der Waals surface area contributed by atoms with Gasteiger partial charge in [0.15, 0.2) is 11.5 Å². The van der Waals surface area contributed by atoms with Crippen LogP contribution in [0.4, 0.5) is 5.69 Å². The zero-order valence-electron chi connectivity index (χ0n) is 16.8. The third-order valence-corrected chi connectivity index (χ3v) is 5.12. The van der Waals surface area contributed by atoms with Crippen molar-refractivity contribution >= 4 is 11.6 Å². The van der Waals surface area contributed by atoms with E-state index in [1.54, 1.807) is 0 Å². The lowest BCUT2D eigenvalue weighted by Crippen LogP contribution is -2.41. The summed E-state index contributed by atoms with van der Waals surface area (Å²) >= 11 is 0. The standard InChI is InChI=1S/C25H25NO3/c1-3-28-22-15-19-16-24(27)26(20-13-9-6-10-14-20)25(18-11-7-5-8-12-18)21(19)17-23(22)29-4-2/h5-15,17,25H,3-4,16H2,1-2H3/t25-/m0/s1. The Kier molecular flexibility index (Phi) is 5.52. The largest absolute Gasteiger partial charge is 0.490 e. The van der Waals surface area contributed by atoms with E-state index in [0.717, 1.165) is 28.1 Å². The first kappa shape index (κ1) is 19.1. The molecular weight excluding hydrogens is 362 g/mol. The zero-order chi connectivity index (χ0) is 20.2. The Hall–Kier alpha value is -3.27. The molecule has 3 aromatic rings. The molecule has 0 N–H and O–H groups in total. The summed E-state index contributed by atoms with van der Waals surface area (Å²) in [4.78, 5) is 15.2. The van der Waals surface area contributed by atoms with Crippen molar-refractivity contribution in [2.75, 3.05) is 18.1 Å². The van der Waals surface area contributed by atoms with Gasteiger partial charge in [-0.05, 0) is 54.8 Å². The second kappa shape index (κ2) is 8.39. The number of benzene rings is 3. The predicted octanol–water partition coefficient (Wildman–Crippen LogP) is 5.16. The number of ether oxygens (including phenoxy) is 2. The number of amides is 1. The van der Waals surface area contributed by atoms with Crippen LogP contribution in [0, 0.1) is 0 Å². The minimum absolute atomic E-state index is 0.0733. The molecule has 3 aromatic carbocycles. The Balaban J connectivity index is 1.91. The van der Waals surface area contributed by atoms with Gasteiger partial charge in [-0.1, -0.05) is 48.5 Å². The Morgan fingerprint density at radius 2 is 1.45 bits per heavy atom. The third-order valence-electron chi connectivity index (χ3n) is 5.12. The molecule has 148 valence electrons. The van der Waals surface area contributed by atoms with Crippen LogP contribution in [0.5, 0.6) is 11.5 Å². The molecular formula is C25H25NO3. The molecule has 1 amide bonds. The summed E-state index contributed by atoms with van der Waals surface area (Å²) in [5.74, 6) is 1.49. The Morgan fingerprint density at radius 3 is 2.07 bits per heavy atom. The van der Waals surface area contributed by atoms with Crippen LogP contribution in [0.1, 0.15) is 36.6 Å². The van der Waals surface area contributed by atoms with Crippen LogP contribution >= 0.6 is 0 Å². The van der Waals surface area contributed by atoms with E-state index >= 15 is 0 Å². The highest BCUT2D eigenvalue weighted by Crippen LogP contribution is 2.43. The maximum atomic E-state index is 13.3. The number of hydrogen-bond donors (Lipinski definition) is 0. The predicted molar refractivity (Wildman–Crippen MR) is 115 cm³/mol. The molecule has 29 heavy (non-hydrogen) atoms. The van der Waals surface area contributed by atoms with Crippen LogP contribution in [-0.2, 0) is 11.2 Å². The smallest absolute Gasteiger partial charge is 0.232 e. The molecule has 1 heterocycles. The highest BCUT2D eigenvalue weighted by molar-refractivity contribution is 5.98. The monoisotopic (exact) mass is 387 g/mol. The molecule has 0 radical (unpaired) electrons. The number of rotatable bonds is 6. The Bertz CT molecular complexity index is 986. The quantitative estimate of drug-likeness (QED) is 0.586. The summed E-state index contributed by atoms with van der Waals surface area (Å²) in [5.41, 5.74) is 4.02. The summed E-state index contributed by atoms with van der Waals surface area (Å²) in [6.07, 6.45) is 0.333. The van der Waals surface area contributed by atoms with E-state index in [1.165, 1.54) is 0 Å². The minimum Gasteiger partial charge on any atom is -0.490 e. The average Bonchev–Trinajstić information content (AvgIpc) is 2.75. The fraction of sp³-hybridized carbons (Fsp3) is 0.240. The number of nitrogens with zero attached hydrogens (tertiary/aromatic N) is 1. The van der Waals surface area contributed by atoms with Crippen molar-refractivity contribution in [1.82, 2.24) is 0 Å². The van der Waals surface area contributed by atoms with Gasteiger partial charge in [-0.3, -0.25) is 4.79 Å². The van der Waals surface area contributed by atoms with Gasteiger partial charge in [0.05, 0.1) is 25.7 Å². The molecule has 1 aliphatic heterocycles. The van der Waals surface area contributed by atoms with Crippen molar-refractivity contribution in [1.29, 1.82) is 0 Å². The maximum absolute atomic E-state index is 13.3. The zero-order valence-corrected chi connectivity index (χ0v) is 16.8. The van der Waals surface area contributed by atoms with Crippen LogP contribution in [-0.4, -0.2) is 19.1 Å². The third kappa shape index (κ3) is 3.70. The van der Waals surface area contributed by atoms with E-state index in [0.29, 0.717) is 25.4 Å². The lowest BCUT2D eigenvalue weighted by molar-refractivity contribution is -0.118. The van der Waals surface area contributed by atoms with E-state index in [9.17, 15) is 4.79 Å². The van der Waals surface area contributed by atoms with Crippen LogP contribution in [0.3, 0.4) is 0 Å². The van der Waals surface area contributed by atoms with Crippen molar-refractivity contribution in [2.24, 2.45) is 0 Å². The first-order valence-electron chi connectivity index (χ1n) is 10.1. The van der Waals surface area contributed by atoms with E-state index in [2.05, 4.69) is 12.1 Å². The van der Waals surface area contributed by atoms with Crippen molar-refractivity contribution in [3.8, 4) is 11.5 Å². The van der Waals surface area contributed by atoms with Gasteiger partial charge in [0.1, 0.15) is 0 Å². The number of carbonyl (C=O) groups is 1. The average molecular weight is 387 g/mol. The molecule has 0 aromatic heterocycles. The van der Waals surface area contributed by atoms with Gasteiger partial charge in [-0.2, -0.15) is 0 Å². The fourth-order valence-corrected chi connectivity index (χ4v) is 3.94. The number of anilines is 1. The molecule has 0 unspecified atom stereocenters. The van der Waals surface area contributed by atoms with Gasteiger partial charge >= 0.3 is 0 Å². The van der Waals surface area contributed by atoms with Crippen LogP contribution < -0.4 is 14.4 Å². The number of para-hydroxylation sites is 1. The molecule has 0 spiro atoms. The molecule has 0 aliphatic carbocycles. The number of carbonyl (C=O) groups excluding carboxylic acids is 1. The normalized spacial score (nSPS) is 15.7. The SMILES string of the molecule is CCOc1cc2c(cc1OCC)[C@H](c1ccccc1)N(c1ccccc1)C(=O)C2. The fourth-order valence-electron chi connectivity index (χ4n) is 3.94. The van der Waals surface area contributed by atoms with Crippen molar-refractivity contribution in [3.05, 3.63) is 89.5 Å². The van der Waals surface area contributed by atoms with Crippen LogP contribution in [0.2, 0.25) is 0 Å². The van der Waals surface area contributed by atoms with Crippen molar-refractivity contribution < 1.29 is 14.3 Å². The molecule has 0 saturated carbocycles. The lowest BCUT2D eigenvalue weighted by Gasteiger charge is -2.38. The van der Waals surface area contributed by atoms with Crippen LogP contribution in [0.25, 0.3) is 0 Å². The van der Waals surface area contributed by atoms with E-state index in [-0.39, 0.29) is 11.9 Å². The molecule has 1 aliphatic rings. The number of fused-ring (bicyclic) bond motifs is 1. The Labute approximate surface area is 171 Å².